The molecule has 0 unspecified atom stereocenters. The molecule has 0 atom stereocenters. The fourth-order valence-corrected chi connectivity index (χ4v) is 6.66. The first kappa shape index (κ1) is 13.1. The summed E-state index contributed by atoms with van der Waals surface area (Å²) in [7, 11) is 3.55. The minimum absolute atomic E-state index is 0.0981. The topological polar surface area (TPSA) is 3.24 Å². The highest BCUT2D eigenvalue weighted by atomic mass is 28.3. The maximum absolute atomic E-state index is 2.49. The van der Waals surface area contributed by atoms with E-state index in [4.69, 9.17) is 0 Å². The quantitative estimate of drug-likeness (QED) is 0.502. The van der Waals surface area contributed by atoms with Crippen LogP contribution in [0.2, 0.25) is 25.2 Å². The molecule has 3 heteroatoms. The zero-order valence-electron chi connectivity index (χ0n) is 10.1. The van der Waals surface area contributed by atoms with E-state index in [0.717, 1.165) is 0 Å². The Morgan fingerprint density at radius 1 is 1.31 bits per heavy atom. The van der Waals surface area contributed by atoms with E-state index in [9.17, 15) is 0 Å². The molecule has 0 aliphatic heterocycles. The lowest BCUT2D eigenvalue weighted by Gasteiger charge is -2.29. The monoisotopic (exact) mass is 215 g/mol. The molecule has 0 radical (unpaired) electrons. The number of hydrogen-bond acceptors (Lipinski definition) is 1. The first-order valence-corrected chi connectivity index (χ1v) is 10.1. The SMILES string of the molecule is CC(C)=C[SiH2]CC[Si](C)(C)N(C)C. The predicted molar refractivity (Wildman–Crippen MR) is 68.8 cm³/mol. The molecule has 0 saturated heterocycles. The molecule has 0 saturated carbocycles. The summed E-state index contributed by atoms with van der Waals surface area (Å²) in [6.45, 7) is 9.34. The van der Waals surface area contributed by atoms with Gasteiger partial charge in [0.25, 0.3) is 0 Å². The molecule has 0 spiro atoms. The molecule has 0 rings (SSSR count). The lowest BCUT2D eigenvalue weighted by atomic mass is 10.4. The second kappa shape index (κ2) is 5.78. The first-order valence-electron chi connectivity index (χ1n) is 5.17. The van der Waals surface area contributed by atoms with Crippen LogP contribution in [0, 0.1) is 0 Å². The van der Waals surface area contributed by atoms with Crippen LogP contribution in [0.25, 0.3) is 0 Å². The Morgan fingerprint density at radius 2 is 1.85 bits per heavy atom. The average molecular weight is 215 g/mol. The van der Waals surface area contributed by atoms with Gasteiger partial charge < -0.3 is 4.57 Å². The molecule has 78 valence electrons. The molecule has 1 nitrogen and oxygen atoms in total. The van der Waals surface area contributed by atoms with Crippen molar-refractivity contribution in [3.8, 4) is 0 Å². The number of hydrogen-bond donors (Lipinski definition) is 0. The zero-order chi connectivity index (χ0) is 10.5. The summed E-state index contributed by atoms with van der Waals surface area (Å²) in [5, 5.41) is 0. The van der Waals surface area contributed by atoms with Crippen LogP contribution in [0.15, 0.2) is 11.3 Å². The van der Waals surface area contributed by atoms with Gasteiger partial charge in [-0.1, -0.05) is 24.7 Å². The third kappa shape index (κ3) is 6.24. The lowest BCUT2D eigenvalue weighted by Crippen LogP contribution is -2.43. The molecule has 0 aliphatic rings. The molecule has 0 aromatic heterocycles. The van der Waals surface area contributed by atoms with Crippen LogP contribution in [0.3, 0.4) is 0 Å². The van der Waals surface area contributed by atoms with E-state index < -0.39 is 8.24 Å². The summed E-state index contributed by atoms with van der Waals surface area (Å²) >= 11 is 0. The van der Waals surface area contributed by atoms with Gasteiger partial charge in [0.2, 0.25) is 0 Å². The Hall–Kier alpha value is 0.134. The standard InChI is InChI=1S/C10H25NSi2/c1-10(2)9-12-7-8-13(5,6)11(3)4/h9H,7-8,12H2,1-6H3. The van der Waals surface area contributed by atoms with Crippen molar-refractivity contribution < 1.29 is 0 Å². The molecule has 0 bridgehead atoms. The molecular weight excluding hydrogens is 190 g/mol. The Bertz CT molecular complexity index is 170. The Balaban J connectivity index is 3.70. The van der Waals surface area contributed by atoms with Gasteiger partial charge in [0, 0.05) is 9.52 Å². The van der Waals surface area contributed by atoms with Crippen LogP contribution < -0.4 is 0 Å². The molecule has 0 aliphatic carbocycles. The van der Waals surface area contributed by atoms with Crippen molar-refractivity contribution in [3.63, 3.8) is 0 Å². The Labute approximate surface area is 87.1 Å². The molecule has 0 amide bonds. The van der Waals surface area contributed by atoms with Gasteiger partial charge in [-0.2, -0.15) is 0 Å². The van der Waals surface area contributed by atoms with Crippen molar-refractivity contribution in [2.75, 3.05) is 14.1 Å². The summed E-state index contributed by atoms with van der Waals surface area (Å²) in [6, 6.07) is 2.96. The number of allylic oxidation sites excluding steroid dienone is 1. The highest BCUT2D eigenvalue weighted by molar-refractivity contribution is 6.75. The van der Waals surface area contributed by atoms with Crippen LogP contribution in [0.1, 0.15) is 13.8 Å². The second-order valence-electron chi connectivity index (χ2n) is 4.88. The third-order valence-electron chi connectivity index (χ3n) is 2.76. The smallest absolute Gasteiger partial charge is 0.121 e. The molecule has 0 aromatic rings. The van der Waals surface area contributed by atoms with Crippen molar-refractivity contribution in [1.29, 1.82) is 0 Å². The van der Waals surface area contributed by atoms with E-state index in [1.807, 2.05) is 0 Å². The van der Waals surface area contributed by atoms with Crippen molar-refractivity contribution in [2.24, 2.45) is 0 Å². The fourth-order valence-electron chi connectivity index (χ4n) is 1.15. The third-order valence-corrected chi connectivity index (χ3v) is 9.33. The van der Waals surface area contributed by atoms with Gasteiger partial charge in [-0.3, -0.25) is 0 Å². The summed E-state index contributed by atoms with van der Waals surface area (Å²) in [6.07, 6.45) is 0. The van der Waals surface area contributed by atoms with Gasteiger partial charge in [-0.05, 0) is 34.0 Å². The first-order chi connectivity index (χ1) is 5.86. The van der Waals surface area contributed by atoms with Crippen LogP contribution in [0.4, 0.5) is 0 Å². The van der Waals surface area contributed by atoms with E-state index in [0.29, 0.717) is 0 Å². The van der Waals surface area contributed by atoms with Gasteiger partial charge in [0.15, 0.2) is 0 Å². The Kier molecular flexibility index (Phi) is 5.84. The summed E-state index contributed by atoms with van der Waals surface area (Å²) < 4.78 is 2.46. The Morgan fingerprint density at radius 3 is 2.23 bits per heavy atom. The van der Waals surface area contributed by atoms with E-state index in [2.05, 4.69) is 51.3 Å². The fraction of sp³-hybridized carbons (Fsp3) is 0.800. The van der Waals surface area contributed by atoms with E-state index >= 15 is 0 Å². The van der Waals surface area contributed by atoms with Gasteiger partial charge in [0.05, 0.1) is 0 Å². The van der Waals surface area contributed by atoms with Gasteiger partial charge >= 0.3 is 0 Å². The van der Waals surface area contributed by atoms with Crippen LogP contribution >= 0.6 is 0 Å². The minimum atomic E-state index is -1.01. The molecule has 0 heterocycles. The van der Waals surface area contributed by atoms with Crippen molar-refractivity contribution in [3.05, 3.63) is 11.3 Å². The molecular formula is C10H25NSi2. The number of rotatable bonds is 5. The van der Waals surface area contributed by atoms with Crippen molar-refractivity contribution >= 4 is 17.8 Å². The van der Waals surface area contributed by atoms with Gasteiger partial charge in [0.1, 0.15) is 8.24 Å². The van der Waals surface area contributed by atoms with Gasteiger partial charge in [-0.25, -0.2) is 0 Å². The average Bonchev–Trinajstić information content (AvgIpc) is 1.97. The van der Waals surface area contributed by atoms with Crippen LogP contribution in [-0.4, -0.2) is 36.4 Å². The van der Waals surface area contributed by atoms with E-state index in [1.54, 1.807) is 0 Å². The minimum Gasteiger partial charge on any atom is -0.329 e. The van der Waals surface area contributed by atoms with Crippen molar-refractivity contribution in [2.45, 2.75) is 39.0 Å². The number of nitrogens with zero attached hydrogens (tertiary/aromatic N) is 1. The second-order valence-corrected chi connectivity index (χ2v) is 11.6. The highest BCUT2D eigenvalue weighted by Crippen LogP contribution is 2.14. The van der Waals surface area contributed by atoms with E-state index in [1.165, 1.54) is 17.7 Å². The highest BCUT2D eigenvalue weighted by Gasteiger charge is 2.22. The summed E-state index contributed by atoms with van der Waals surface area (Å²) in [4.78, 5) is 0. The zero-order valence-corrected chi connectivity index (χ0v) is 12.6. The van der Waals surface area contributed by atoms with Crippen molar-refractivity contribution in [1.82, 2.24) is 4.57 Å². The summed E-state index contributed by atoms with van der Waals surface area (Å²) in [5.74, 6) is 0. The molecule has 0 fully saturated rings. The molecule has 0 N–H and O–H groups in total. The normalized spacial score (nSPS) is 12.8. The predicted octanol–water partition coefficient (Wildman–Crippen LogP) is 2.26. The molecule has 13 heavy (non-hydrogen) atoms. The summed E-state index contributed by atoms with van der Waals surface area (Å²) in [5.41, 5.74) is 4.00. The van der Waals surface area contributed by atoms with Crippen LogP contribution in [-0.2, 0) is 0 Å². The lowest BCUT2D eigenvalue weighted by molar-refractivity contribution is 0.619. The van der Waals surface area contributed by atoms with E-state index in [-0.39, 0.29) is 9.52 Å². The maximum atomic E-state index is 2.49. The largest absolute Gasteiger partial charge is 0.329 e. The maximum Gasteiger partial charge on any atom is 0.121 e. The van der Waals surface area contributed by atoms with Crippen LogP contribution in [0.5, 0.6) is 0 Å². The molecule has 0 aromatic carbocycles. The van der Waals surface area contributed by atoms with Gasteiger partial charge in [-0.15, -0.1) is 5.70 Å².